The first-order valence-electron chi connectivity index (χ1n) is 8.75. The minimum Gasteiger partial charge on any atom is -0.449 e. The van der Waals surface area contributed by atoms with E-state index in [2.05, 4.69) is 15.2 Å². The molecule has 8 heteroatoms. The molecule has 3 rings (SSSR count). The van der Waals surface area contributed by atoms with E-state index in [1.165, 1.54) is 11.3 Å². The fraction of sp³-hybridized carbons (Fsp3) is 0.444. The number of nitrogens with zero attached hydrogens (tertiary/aromatic N) is 2. The second-order valence-corrected chi connectivity index (χ2v) is 6.79. The van der Waals surface area contributed by atoms with Gasteiger partial charge in [-0.1, -0.05) is 24.7 Å². The van der Waals surface area contributed by atoms with Crippen LogP contribution in [-0.2, 0) is 9.47 Å². The number of nitrogens with one attached hydrogen (secondary N) is 1. The summed E-state index contributed by atoms with van der Waals surface area (Å²) in [6.45, 7) is 5.77. The maximum Gasteiger partial charge on any atom is 0.413 e. The molecule has 1 aromatic heterocycles. The molecule has 1 aliphatic heterocycles. The van der Waals surface area contributed by atoms with Crippen LogP contribution in [0.25, 0.3) is 0 Å². The number of rotatable bonds is 7. The predicted octanol–water partition coefficient (Wildman–Crippen LogP) is 4.12. The Bertz CT molecular complexity index is 699. The Balaban J connectivity index is 1.51. The summed E-state index contributed by atoms with van der Waals surface area (Å²) in [5.41, 5.74) is 1.15. The van der Waals surface area contributed by atoms with Gasteiger partial charge in [-0.2, -0.15) is 0 Å². The van der Waals surface area contributed by atoms with Crippen LogP contribution in [0.2, 0.25) is 0 Å². The first-order valence-corrected chi connectivity index (χ1v) is 9.56. The zero-order valence-corrected chi connectivity index (χ0v) is 15.6. The van der Waals surface area contributed by atoms with Crippen molar-refractivity contribution in [3.8, 4) is 10.8 Å². The maximum atomic E-state index is 11.6. The van der Waals surface area contributed by atoms with Crippen molar-refractivity contribution >= 4 is 28.2 Å². The summed E-state index contributed by atoms with van der Waals surface area (Å²) >= 11 is 1.26. The monoisotopic (exact) mass is 377 g/mol. The van der Waals surface area contributed by atoms with Crippen LogP contribution < -0.4 is 15.0 Å². The lowest BCUT2D eigenvalue weighted by Crippen LogP contribution is -2.36. The summed E-state index contributed by atoms with van der Waals surface area (Å²) in [5, 5.41) is 3.66. The number of anilines is 2. The minimum absolute atomic E-state index is 0.409. The minimum atomic E-state index is -0.491. The zero-order valence-electron chi connectivity index (χ0n) is 14.8. The molecule has 2 aromatic rings. The van der Waals surface area contributed by atoms with E-state index < -0.39 is 6.09 Å². The molecule has 1 saturated heterocycles. The summed E-state index contributed by atoms with van der Waals surface area (Å²) in [7, 11) is 0. The first kappa shape index (κ1) is 18.5. The van der Waals surface area contributed by atoms with Crippen LogP contribution in [0, 0.1) is 0 Å². The van der Waals surface area contributed by atoms with Gasteiger partial charge in [0, 0.05) is 18.8 Å². The van der Waals surface area contributed by atoms with E-state index in [1.807, 2.05) is 31.2 Å². The van der Waals surface area contributed by atoms with Gasteiger partial charge in [-0.15, -0.1) is 0 Å². The van der Waals surface area contributed by atoms with E-state index in [0.29, 0.717) is 16.8 Å². The summed E-state index contributed by atoms with van der Waals surface area (Å²) in [6.07, 6.45) is 2.92. The van der Waals surface area contributed by atoms with Crippen LogP contribution in [0.15, 0.2) is 30.5 Å². The molecule has 1 aliphatic rings. The summed E-state index contributed by atoms with van der Waals surface area (Å²) in [5.74, 6) is 0.725. The van der Waals surface area contributed by atoms with Gasteiger partial charge in [0.15, 0.2) is 5.13 Å². The topological polar surface area (TPSA) is 72.9 Å². The smallest absolute Gasteiger partial charge is 0.413 e. The standard InChI is InChI=1S/C18H23N3O4S/c1-2-3-10-24-18(22)20-17-19-13-16(26-17)25-15-6-4-14(5-7-15)21-8-11-23-12-9-21/h4-7,13H,2-3,8-12H2,1H3,(H,19,20,22). The molecule has 1 N–H and O–H groups in total. The van der Waals surface area contributed by atoms with Crippen molar-refractivity contribution in [2.24, 2.45) is 0 Å². The fourth-order valence-electron chi connectivity index (χ4n) is 2.46. The maximum absolute atomic E-state index is 11.6. The fourth-order valence-corrected chi connectivity index (χ4v) is 3.13. The molecule has 0 radical (unpaired) electrons. The number of hydrogen-bond donors (Lipinski definition) is 1. The number of hydrogen-bond acceptors (Lipinski definition) is 7. The van der Waals surface area contributed by atoms with Crippen LogP contribution in [-0.4, -0.2) is 44.0 Å². The number of morpholine rings is 1. The molecule has 0 saturated carbocycles. The Morgan fingerprint density at radius 3 is 2.81 bits per heavy atom. The Morgan fingerprint density at radius 1 is 1.31 bits per heavy atom. The van der Waals surface area contributed by atoms with Crippen molar-refractivity contribution in [3.63, 3.8) is 0 Å². The molecule has 140 valence electrons. The Kier molecular flexibility index (Phi) is 6.68. The molecule has 7 nitrogen and oxygen atoms in total. The van der Waals surface area contributed by atoms with Gasteiger partial charge in [0.1, 0.15) is 5.75 Å². The van der Waals surface area contributed by atoms with Crippen LogP contribution in [0.1, 0.15) is 19.8 Å². The molecule has 0 bridgehead atoms. The molecule has 26 heavy (non-hydrogen) atoms. The number of aromatic nitrogens is 1. The SMILES string of the molecule is CCCCOC(=O)Nc1ncc(Oc2ccc(N3CCOCC3)cc2)s1. The van der Waals surface area contributed by atoms with Crippen molar-refractivity contribution < 1.29 is 19.0 Å². The van der Waals surface area contributed by atoms with E-state index in [-0.39, 0.29) is 0 Å². The molecule has 0 atom stereocenters. The van der Waals surface area contributed by atoms with E-state index >= 15 is 0 Å². The van der Waals surface area contributed by atoms with E-state index in [1.54, 1.807) is 6.20 Å². The van der Waals surface area contributed by atoms with Gasteiger partial charge in [-0.05, 0) is 30.7 Å². The average molecular weight is 377 g/mol. The van der Waals surface area contributed by atoms with Gasteiger partial charge < -0.3 is 19.1 Å². The largest absolute Gasteiger partial charge is 0.449 e. The highest BCUT2D eigenvalue weighted by atomic mass is 32.1. The second kappa shape index (κ2) is 9.40. The van der Waals surface area contributed by atoms with Gasteiger partial charge >= 0.3 is 6.09 Å². The number of amides is 1. The van der Waals surface area contributed by atoms with Crippen molar-refractivity contribution in [2.45, 2.75) is 19.8 Å². The normalized spacial score (nSPS) is 14.1. The summed E-state index contributed by atoms with van der Waals surface area (Å²) in [4.78, 5) is 18.0. The average Bonchev–Trinajstić information content (AvgIpc) is 3.10. The lowest BCUT2D eigenvalue weighted by molar-refractivity contribution is 0.122. The molecular weight excluding hydrogens is 354 g/mol. The molecule has 0 spiro atoms. The second-order valence-electron chi connectivity index (χ2n) is 5.79. The van der Waals surface area contributed by atoms with Gasteiger partial charge in [0.05, 0.1) is 26.0 Å². The number of unbranched alkanes of at least 4 members (excludes halogenated alkanes) is 1. The van der Waals surface area contributed by atoms with Gasteiger partial charge in [0.2, 0.25) is 5.06 Å². The molecule has 2 heterocycles. The Labute approximate surface area is 156 Å². The highest BCUT2D eigenvalue weighted by molar-refractivity contribution is 7.17. The third kappa shape index (κ3) is 5.34. The van der Waals surface area contributed by atoms with Crippen molar-refractivity contribution in [2.75, 3.05) is 43.1 Å². The summed E-state index contributed by atoms with van der Waals surface area (Å²) in [6, 6.07) is 7.92. The molecule has 0 unspecified atom stereocenters. The molecule has 1 fully saturated rings. The third-order valence-electron chi connectivity index (χ3n) is 3.86. The number of carbonyl (C=O) groups excluding carboxylic acids is 1. The van der Waals surface area contributed by atoms with Crippen molar-refractivity contribution in [1.29, 1.82) is 0 Å². The van der Waals surface area contributed by atoms with Gasteiger partial charge in [0.25, 0.3) is 0 Å². The lowest BCUT2D eigenvalue weighted by atomic mass is 10.2. The molecule has 1 amide bonds. The van der Waals surface area contributed by atoms with Crippen LogP contribution >= 0.6 is 11.3 Å². The summed E-state index contributed by atoms with van der Waals surface area (Å²) < 4.78 is 16.2. The van der Waals surface area contributed by atoms with Crippen LogP contribution in [0.3, 0.4) is 0 Å². The van der Waals surface area contributed by atoms with Crippen LogP contribution in [0.4, 0.5) is 15.6 Å². The highest BCUT2D eigenvalue weighted by Gasteiger charge is 2.12. The zero-order chi connectivity index (χ0) is 18.2. The molecule has 1 aromatic carbocycles. The van der Waals surface area contributed by atoms with E-state index in [4.69, 9.17) is 14.2 Å². The number of benzene rings is 1. The van der Waals surface area contributed by atoms with Crippen molar-refractivity contribution in [3.05, 3.63) is 30.5 Å². The lowest BCUT2D eigenvalue weighted by Gasteiger charge is -2.28. The number of thiazole rings is 1. The first-order chi connectivity index (χ1) is 12.7. The van der Waals surface area contributed by atoms with Crippen LogP contribution in [0.5, 0.6) is 10.8 Å². The van der Waals surface area contributed by atoms with Gasteiger partial charge in [-0.3, -0.25) is 5.32 Å². The Hall–Kier alpha value is -2.32. The quantitative estimate of drug-likeness (QED) is 0.732. The molecule has 0 aliphatic carbocycles. The van der Waals surface area contributed by atoms with Crippen molar-refractivity contribution in [1.82, 2.24) is 4.98 Å². The number of ether oxygens (including phenoxy) is 3. The molecular formula is C18H23N3O4S. The van der Waals surface area contributed by atoms with E-state index in [0.717, 1.165) is 50.6 Å². The Morgan fingerprint density at radius 2 is 2.08 bits per heavy atom. The highest BCUT2D eigenvalue weighted by Crippen LogP contribution is 2.31. The van der Waals surface area contributed by atoms with E-state index in [9.17, 15) is 4.79 Å². The predicted molar refractivity (Wildman–Crippen MR) is 102 cm³/mol. The number of carbonyl (C=O) groups is 1. The van der Waals surface area contributed by atoms with Gasteiger partial charge in [-0.25, -0.2) is 9.78 Å². The third-order valence-corrected chi connectivity index (χ3v) is 4.65.